The Morgan fingerprint density at radius 2 is 1.90 bits per heavy atom. The van der Waals surface area contributed by atoms with Crippen LogP contribution in [0.15, 0.2) is 54.6 Å². The summed E-state index contributed by atoms with van der Waals surface area (Å²) in [7, 11) is 1.64. The van der Waals surface area contributed by atoms with Gasteiger partial charge in [-0.2, -0.15) is 0 Å². The van der Waals surface area contributed by atoms with Gasteiger partial charge in [-0.15, -0.1) is 5.10 Å². The summed E-state index contributed by atoms with van der Waals surface area (Å²) in [6, 6.07) is 17.7. The Bertz CT molecular complexity index is 737. The van der Waals surface area contributed by atoms with Gasteiger partial charge >= 0.3 is 0 Å². The zero-order chi connectivity index (χ0) is 14.7. The van der Waals surface area contributed by atoms with Crippen molar-refractivity contribution in [2.75, 3.05) is 7.11 Å². The molecule has 2 aromatic carbocycles. The summed E-state index contributed by atoms with van der Waals surface area (Å²) in [5.74, 6) is 0.774. The highest BCUT2D eigenvalue weighted by molar-refractivity contribution is 5.64. The summed E-state index contributed by atoms with van der Waals surface area (Å²) < 4.78 is 7.06. The molecule has 0 aliphatic heterocycles. The molecular weight excluding hydrogens is 264 g/mol. The number of rotatable bonds is 4. The van der Waals surface area contributed by atoms with E-state index in [-0.39, 0.29) is 0 Å². The third kappa shape index (κ3) is 2.51. The molecule has 1 aromatic heterocycles. The molecule has 0 spiro atoms. The first kappa shape index (κ1) is 13.3. The maximum absolute atomic E-state index is 5.79. The number of methoxy groups -OCH3 is 1. The Hall–Kier alpha value is -2.66. The van der Waals surface area contributed by atoms with Crippen LogP contribution in [0, 0.1) is 0 Å². The minimum absolute atomic E-state index is 0.341. The third-order valence-electron chi connectivity index (χ3n) is 3.28. The van der Waals surface area contributed by atoms with E-state index in [1.165, 1.54) is 0 Å². The predicted octanol–water partition coefficient (Wildman–Crippen LogP) is 2.40. The van der Waals surface area contributed by atoms with Crippen molar-refractivity contribution in [3.05, 3.63) is 60.3 Å². The summed E-state index contributed by atoms with van der Waals surface area (Å²) in [6.45, 7) is 0.341. The van der Waals surface area contributed by atoms with E-state index < -0.39 is 0 Å². The Morgan fingerprint density at radius 3 is 2.62 bits per heavy atom. The van der Waals surface area contributed by atoms with Gasteiger partial charge in [0.25, 0.3) is 0 Å². The lowest BCUT2D eigenvalue weighted by Gasteiger charge is -2.09. The Morgan fingerprint density at radius 1 is 1.10 bits per heavy atom. The highest BCUT2D eigenvalue weighted by Gasteiger charge is 2.15. The molecule has 2 N–H and O–H groups in total. The summed E-state index contributed by atoms with van der Waals surface area (Å²) in [6.07, 6.45) is 0. The van der Waals surface area contributed by atoms with Crippen LogP contribution in [0.4, 0.5) is 0 Å². The fourth-order valence-electron chi connectivity index (χ4n) is 2.26. The largest absolute Gasteiger partial charge is 0.497 e. The first-order chi connectivity index (χ1) is 10.3. The van der Waals surface area contributed by atoms with Crippen molar-refractivity contribution in [1.29, 1.82) is 0 Å². The normalized spacial score (nSPS) is 10.6. The number of hydrogen-bond donors (Lipinski definition) is 1. The van der Waals surface area contributed by atoms with E-state index in [2.05, 4.69) is 10.3 Å². The molecule has 0 saturated carbocycles. The van der Waals surface area contributed by atoms with Crippen molar-refractivity contribution in [1.82, 2.24) is 15.0 Å². The molecule has 0 aliphatic rings. The molecule has 0 unspecified atom stereocenters. The van der Waals surface area contributed by atoms with E-state index in [0.29, 0.717) is 6.54 Å². The molecule has 1 heterocycles. The number of ether oxygens (including phenoxy) is 1. The maximum Gasteiger partial charge on any atom is 0.121 e. The molecule has 21 heavy (non-hydrogen) atoms. The lowest BCUT2D eigenvalue weighted by molar-refractivity contribution is 0.414. The zero-order valence-electron chi connectivity index (χ0n) is 11.7. The second kappa shape index (κ2) is 5.76. The van der Waals surface area contributed by atoms with Crippen LogP contribution in [0.25, 0.3) is 16.9 Å². The average Bonchev–Trinajstić information content (AvgIpc) is 2.99. The molecule has 5 heteroatoms. The van der Waals surface area contributed by atoms with Crippen molar-refractivity contribution in [2.45, 2.75) is 6.54 Å². The van der Waals surface area contributed by atoms with Crippen LogP contribution in [-0.2, 0) is 6.54 Å². The second-order valence-electron chi connectivity index (χ2n) is 4.57. The van der Waals surface area contributed by atoms with Gasteiger partial charge in [0, 0.05) is 18.2 Å². The summed E-state index contributed by atoms with van der Waals surface area (Å²) >= 11 is 0. The molecule has 0 bridgehead atoms. The molecule has 0 amide bonds. The summed E-state index contributed by atoms with van der Waals surface area (Å²) in [5, 5.41) is 8.43. The number of hydrogen-bond acceptors (Lipinski definition) is 4. The minimum atomic E-state index is 0.341. The van der Waals surface area contributed by atoms with Crippen LogP contribution in [0.2, 0.25) is 0 Å². The van der Waals surface area contributed by atoms with Crippen molar-refractivity contribution < 1.29 is 4.74 Å². The van der Waals surface area contributed by atoms with Crippen molar-refractivity contribution in [3.8, 4) is 22.7 Å². The van der Waals surface area contributed by atoms with Crippen LogP contribution in [0.5, 0.6) is 5.75 Å². The molecule has 106 valence electrons. The van der Waals surface area contributed by atoms with E-state index >= 15 is 0 Å². The van der Waals surface area contributed by atoms with Crippen LogP contribution >= 0.6 is 0 Å². The standard InChI is InChI=1S/C16H16N4O/c1-21-14-9-5-8-13(10-14)20-16(15(11-17)18-19-20)12-6-3-2-4-7-12/h2-10H,11,17H2,1H3. The van der Waals surface area contributed by atoms with E-state index in [4.69, 9.17) is 10.5 Å². The van der Waals surface area contributed by atoms with E-state index in [9.17, 15) is 0 Å². The number of nitrogens with zero attached hydrogens (tertiary/aromatic N) is 3. The lowest BCUT2D eigenvalue weighted by Crippen LogP contribution is -2.02. The Labute approximate surface area is 123 Å². The van der Waals surface area contributed by atoms with Gasteiger partial charge in [-0.05, 0) is 12.1 Å². The van der Waals surface area contributed by atoms with Gasteiger partial charge in [-0.25, -0.2) is 4.68 Å². The fraction of sp³-hybridized carbons (Fsp3) is 0.125. The average molecular weight is 280 g/mol. The number of aromatic nitrogens is 3. The summed E-state index contributed by atoms with van der Waals surface area (Å²) in [5.41, 5.74) is 9.39. The van der Waals surface area contributed by atoms with Crippen molar-refractivity contribution >= 4 is 0 Å². The van der Waals surface area contributed by atoms with Gasteiger partial charge < -0.3 is 10.5 Å². The van der Waals surface area contributed by atoms with Gasteiger partial charge in [0.15, 0.2) is 0 Å². The fourth-order valence-corrected chi connectivity index (χ4v) is 2.26. The molecule has 0 aliphatic carbocycles. The van der Waals surface area contributed by atoms with Crippen LogP contribution in [0.3, 0.4) is 0 Å². The van der Waals surface area contributed by atoms with E-state index in [1.54, 1.807) is 11.8 Å². The lowest BCUT2D eigenvalue weighted by atomic mass is 10.1. The molecule has 0 atom stereocenters. The SMILES string of the molecule is COc1cccc(-n2nnc(CN)c2-c2ccccc2)c1. The van der Waals surface area contributed by atoms with E-state index in [1.807, 2.05) is 54.6 Å². The van der Waals surface area contributed by atoms with Gasteiger partial charge in [0.1, 0.15) is 11.4 Å². The minimum Gasteiger partial charge on any atom is -0.497 e. The molecule has 0 radical (unpaired) electrons. The smallest absolute Gasteiger partial charge is 0.121 e. The number of nitrogens with two attached hydrogens (primary N) is 1. The quantitative estimate of drug-likeness (QED) is 0.797. The highest BCUT2D eigenvalue weighted by Crippen LogP contribution is 2.26. The van der Waals surface area contributed by atoms with E-state index in [0.717, 1.165) is 28.4 Å². The zero-order valence-corrected chi connectivity index (χ0v) is 11.7. The van der Waals surface area contributed by atoms with Gasteiger partial charge in [0.2, 0.25) is 0 Å². The monoisotopic (exact) mass is 280 g/mol. The van der Waals surface area contributed by atoms with Gasteiger partial charge in [-0.3, -0.25) is 0 Å². The molecular formula is C16H16N4O. The first-order valence-corrected chi connectivity index (χ1v) is 6.68. The van der Waals surface area contributed by atoms with Crippen molar-refractivity contribution in [2.24, 2.45) is 5.73 Å². The van der Waals surface area contributed by atoms with Crippen LogP contribution in [0.1, 0.15) is 5.69 Å². The molecule has 3 rings (SSSR count). The molecule has 0 fully saturated rings. The molecule has 3 aromatic rings. The topological polar surface area (TPSA) is 66.0 Å². The maximum atomic E-state index is 5.79. The molecule has 0 saturated heterocycles. The molecule has 5 nitrogen and oxygen atoms in total. The number of benzene rings is 2. The summed E-state index contributed by atoms with van der Waals surface area (Å²) in [4.78, 5) is 0. The second-order valence-corrected chi connectivity index (χ2v) is 4.57. The highest BCUT2D eigenvalue weighted by atomic mass is 16.5. The van der Waals surface area contributed by atoms with Crippen molar-refractivity contribution in [3.63, 3.8) is 0 Å². The van der Waals surface area contributed by atoms with Gasteiger partial charge in [-0.1, -0.05) is 41.6 Å². The van der Waals surface area contributed by atoms with Crippen LogP contribution < -0.4 is 10.5 Å². The Balaban J connectivity index is 2.17. The van der Waals surface area contributed by atoms with Crippen LogP contribution in [-0.4, -0.2) is 22.1 Å². The Kier molecular flexibility index (Phi) is 3.66. The predicted molar refractivity (Wildman–Crippen MR) is 81.2 cm³/mol. The third-order valence-corrected chi connectivity index (χ3v) is 3.28. The first-order valence-electron chi connectivity index (χ1n) is 6.68. The van der Waals surface area contributed by atoms with Gasteiger partial charge in [0.05, 0.1) is 18.5 Å².